The Hall–Kier alpha value is -1.52. The van der Waals surface area contributed by atoms with E-state index in [0.717, 1.165) is 26.3 Å². The highest BCUT2D eigenvalue weighted by atomic mass is 79.9. The van der Waals surface area contributed by atoms with Gasteiger partial charge >= 0.3 is 0 Å². The Morgan fingerprint density at radius 2 is 1.79 bits per heavy atom. The van der Waals surface area contributed by atoms with Crippen molar-refractivity contribution in [1.82, 2.24) is 4.98 Å². The number of nitrogens with zero attached hydrogens (tertiary/aromatic N) is 1. The zero-order valence-corrected chi connectivity index (χ0v) is 12.2. The van der Waals surface area contributed by atoms with Gasteiger partial charge in [0.15, 0.2) is 0 Å². The zero-order chi connectivity index (χ0) is 13.2. The molecule has 0 aliphatic rings. The summed E-state index contributed by atoms with van der Waals surface area (Å²) in [7, 11) is 0. The van der Waals surface area contributed by atoms with Crippen LogP contribution in [-0.2, 0) is 0 Å². The first-order valence-electron chi connectivity index (χ1n) is 5.70. The van der Waals surface area contributed by atoms with Crippen LogP contribution in [0.5, 0.6) is 0 Å². The van der Waals surface area contributed by atoms with Gasteiger partial charge in [-0.2, -0.15) is 0 Å². The van der Waals surface area contributed by atoms with E-state index in [2.05, 4.69) is 20.9 Å². The minimum atomic E-state index is -0.241. The third kappa shape index (κ3) is 2.74. The molecule has 0 radical (unpaired) electrons. The molecule has 1 nitrogen and oxygen atoms in total. The third-order valence-electron chi connectivity index (χ3n) is 2.70. The first kappa shape index (κ1) is 12.5. The van der Waals surface area contributed by atoms with Crippen LogP contribution in [0.1, 0.15) is 0 Å². The molecule has 4 heteroatoms. The maximum atomic E-state index is 13.2. The van der Waals surface area contributed by atoms with E-state index in [-0.39, 0.29) is 5.82 Å². The lowest BCUT2D eigenvalue weighted by molar-refractivity contribution is 0.628. The number of hydrogen-bond donors (Lipinski definition) is 0. The SMILES string of the molecule is Fc1cccc(-c2csc(-c3cccc(Br)c3)n2)c1. The highest BCUT2D eigenvalue weighted by molar-refractivity contribution is 9.10. The summed E-state index contributed by atoms with van der Waals surface area (Å²) in [6, 6.07) is 14.5. The molecular weight excluding hydrogens is 325 g/mol. The summed E-state index contributed by atoms with van der Waals surface area (Å²) >= 11 is 5.01. The lowest BCUT2D eigenvalue weighted by atomic mass is 10.2. The van der Waals surface area contributed by atoms with Gasteiger partial charge in [0, 0.05) is 21.0 Å². The fraction of sp³-hybridized carbons (Fsp3) is 0. The Morgan fingerprint density at radius 3 is 2.58 bits per heavy atom. The Morgan fingerprint density at radius 1 is 1.00 bits per heavy atom. The van der Waals surface area contributed by atoms with Crippen molar-refractivity contribution in [2.45, 2.75) is 0 Å². The molecule has 0 fully saturated rings. The minimum Gasteiger partial charge on any atom is -0.236 e. The molecule has 1 heterocycles. The molecule has 0 saturated heterocycles. The Labute approximate surface area is 122 Å². The number of aromatic nitrogens is 1. The van der Waals surface area contributed by atoms with Gasteiger partial charge in [0.25, 0.3) is 0 Å². The normalized spacial score (nSPS) is 10.6. The molecule has 0 atom stereocenters. The van der Waals surface area contributed by atoms with Gasteiger partial charge in [-0.15, -0.1) is 11.3 Å². The van der Waals surface area contributed by atoms with Crippen molar-refractivity contribution in [3.8, 4) is 21.8 Å². The van der Waals surface area contributed by atoms with Crippen LogP contribution in [-0.4, -0.2) is 4.98 Å². The molecule has 0 bridgehead atoms. The third-order valence-corrected chi connectivity index (χ3v) is 4.08. The molecule has 19 heavy (non-hydrogen) atoms. The number of thiazole rings is 1. The molecule has 0 N–H and O–H groups in total. The van der Waals surface area contributed by atoms with E-state index in [4.69, 9.17) is 0 Å². The molecule has 94 valence electrons. The van der Waals surface area contributed by atoms with Crippen molar-refractivity contribution in [1.29, 1.82) is 0 Å². The van der Waals surface area contributed by atoms with Crippen LogP contribution in [0.4, 0.5) is 4.39 Å². The highest BCUT2D eigenvalue weighted by Crippen LogP contribution is 2.30. The summed E-state index contributed by atoms with van der Waals surface area (Å²) < 4.78 is 14.2. The molecule has 0 unspecified atom stereocenters. The molecule has 3 rings (SSSR count). The lowest BCUT2D eigenvalue weighted by Crippen LogP contribution is -1.81. The van der Waals surface area contributed by atoms with Crippen LogP contribution >= 0.6 is 27.3 Å². The Bertz CT molecular complexity index is 663. The van der Waals surface area contributed by atoms with E-state index in [1.54, 1.807) is 17.4 Å². The average molecular weight is 334 g/mol. The largest absolute Gasteiger partial charge is 0.236 e. The predicted molar refractivity (Wildman–Crippen MR) is 80.6 cm³/mol. The highest BCUT2D eigenvalue weighted by Gasteiger charge is 2.07. The van der Waals surface area contributed by atoms with Crippen LogP contribution in [0, 0.1) is 5.82 Å². The maximum absolute atomic E-state index is 13.2. The maximum Gasteiger partial charge on any atom is 0.124 e. The second-order valence-electron chi connectivity index (χ2n) is 4.06. The Kier molecular flexibility index (Phi) is 3.44. The second kappa shape index (κ2) is 5.23. The quantitative estimate of drug-likeness (QED) is 0.613. The monoisotopic (exact) mass is 333 g/mol. The zero-order valence-electron chi connectivity index (χ0n) is 9.81. The smallest absolute Gasteiger partial charge is 0.124 e. The molecule has 2 aromatic carbocycles. The van der Waals surface area contributed by atoms with Gasteiger partial charge in [-0.05, 0) is 24.3 Å². The molecule has 3 aromatic rings. The van der Waals surface area contributed by atoms with Crippen LogP contribution in [0.25, 0.3) is 21.8 Å². The number of halogens is 2. The van der Waals surface area contributed by atoms with E-state index in [1.807, 2.05) is 35.7 Å². The van der Waals surface area contributed by atoms with E-state index >= 15 is 0 Å². The topological polar surface area (TPSA) is 12.9 Å². The van der Waals surface area contributed by atoms with Gasteiger partial charge in [-0.25, -0.2) is 9.37 Å². The minimum absolute atomic E-state index is 0.241. The summed E-state index contributed by atoms with van der Waals surface area (Å²) in [6.45, 7) is 0. The molecule has 0 spiro atoms. The molecule has 0 amide bonds. The molecular formula is C15H9BrFNS. The molecule has 1 aromatic heterocycles. The molecule has 0 aliphatic heterocycles. The second-order valence-corrected chi connectivity index (χ2v) is 5.83. The van der Waals surface area contributed by atoms with Crippen LogP contribution in [0.15, 0.2) is 58.4 Å². The van der Waals surface area contributed by atoms with Crippen molar-refractivity contribution in [3.05, 3.63) is 64.2 Å². The number of hydrogen-bond acceptors (Lipinski definition) is 2. The standard InChI is InChI=1S/C15H9BrFNS/c16-12-5-1-4-11(7-12)15-18-14(9-19-15)10-3-2-6-13(17)8-10/h1-9H. The Balaban J connectivity index is 2.00. The number of benzene rings is 2. The van der Waals surface area contributed by atoms with Gasteiger partial charge in [0.05, 0.1) is 5.69 Å². The van der Waals surface area contributed by atoms with Crippen molar-refractivity contribution >= 4 is 27.3 Å². The van der Waals surface area contributed by atoms with Gasteiger partial charge in [0.2, 0.25) is 0 Å². The summed E-state index contributed by atoms with van der Waals surface area (Å²) in [6.07, 6.45) is 0. The van der Waals surface area contributed by atoms with E-state index in [0.29, 0.717) is 0 Å². The fourth-order valence-electron chi connectivity index (χ4n) is 1.81. The van der Waals surface area contributed by atoms with E-state index < -0.39 is 0 Å². The average Bonchev–Trinajstić information content (AvgIpc) is 2.88. The van der Waals surface area contributed by atoms with Gasteiger partial charge in [-0.3, -0.25) is 0 Å². The molecule has 0 aliphatic carbocycles. The first-order chi connectivity index (χ1) is 9.22. The van der Waals surface area contributed by atoms with Gasteiger partial charge < -0.3 is 0 Å². The van der Waals surface area contributed by atoms with E-state index in [9.17, 15) is 4.39 Å². The lowest BCUT2D eigenvalue weighted by Gasteiger charge is -1.98. The summed E-state index contributed by atoms with van der Waals surface area (Å²) in [5.41, 5.74) is 2.67. The fourth-order valence-corrected chi connectivity index (χ4v) is 3.03. The predicted octanol–water partition coefficient (Wildman–Crippen LogP) is 5.38. The van der Waals surface area contributed by atoms with Crippen molar-refractivity contribution < 1.29 is 4.39 Å². The van der Waals surface area contributed by atoms with Crippen LogP contribution in [0.2, 0.25) is 0 Å². The summed E-state index contributed by atoms with van der Waals surface area (Å²) in [5.74, 6) is -0.241. The summed E-state index contributed by atoms with van der Waals surface area (Å²) in [5, 5.41) is 2.88. The van der Waals surface area contributed by atoms with Crippen LogP contribution in [0.3, 0.4) is 0 Å². The first-order valence-corrected chi connectivity index (χ1v) is 7.37. The van der Waals surface area contributed by atoms with Crippen molar-refractivity contribution in [3.63, 3.8) is 0 Å². The van der Waals surface area contributed by atoms with Crippen molar-refractivity contribution in [2.75, 3.05) is 0 Å². The van der Waals surface area contributed by atoms with Gasteiger partial charge in [-0.1, -0.05) is 40.2 Å². The number of rotatable bonds is 2. The summed E-state index contributed by atoms with van der Waals surface area (Å²) in [4.78, 5) is 4.56. The van der Waals surface area contributed by atoms with Crippen LogP contribution < -0.4 is 0 Å². The van der Waals surface area contributed by atoms with E-state index in [1.165, 1.54) is 12.1 Å². The van der Waals surface area contributed by atoms with Gasteiger partial charge in [0.1, 0.15) is 10.8 Å². The molecule has 0 saturated carbocycles. The van der Waals surface area contributed by atoms with Crippen molar-refractivity contribution in [2.24, 2.45) is 0 Å².